The molecule has 0 spiro atoms. The number of hydrogen-bond acceptors (Lipinski definition) is 4. The smallest absolute Gasteiger partial charge is 0.321 e. The summed E-state index contributed by atoms with van der Waals surface area (Å²) >= 11 is 0. The van der Waals surface area contributed by atoms with Crippen LogP contribution in [0.5, 0.6) is 0 Å². The van der Waals surface area contributed by atoms with E-state index in [4.69, 9.17) is 0 Å². The van der Waals surface area contributed by atoms with Crippen LogP contribution in [-0.4, -0.2) is 37.1 Å². The molecule has 0 aliphatic heterocycles. The van der Waals surface area contributed by atoms with E-state index in [1.807, 2.05) is 4.57 Å². The van der Waals surface area contributed by atoms with Crippen LogP contribution in [0.2, 0.25) is 0 Å². The van der Waals surface area contributed by atoms with Gasteiger partial charge >= 0.3 is 5.69 Å². The SMILES string of the molecule is CCCN(CCC)Cc1nc2c(c(=O)[nH]c(=O)n2C)n1CC(C)C. The van der Waals surface area contributed by atoms with Crippen molar-refractivity contribution in [3.05, 3.63) is 26.7 Å². The Labute approximate surface area is 142 Å². The third-order valence-corrected chi connectivity index (χ3v) is 4.08. The molecule has 1 N–H and O–H groups in total. The molecule has 0 unspecified atom stereocenters. The zero-order chi connectivity index (χ0) is 17.9. The molecule has 2 aromatic rings. The Morgan fingerprint density at radius 1 is 1.17 bits per heavy atom. The second kappa shape index (κ2) is 7.79. The van der Waals surface area contributed by atoms with Crippen molar-refractivity contribution in [2.75, 3.05) is 13.1 Å². The quantitative estimate of drug-likeness (QED) is 0.797. The first kappa shape index (κ1) is 18.4. The maximum atomic E-state index is 12.4. The number of rotatable bonds is 8. The molecule has 0 saturated heterocycles. The summed E-state index contributed by atoms with van der Waals surface area (Å²) in [6.07, 6.45) is 2.15. The number of aromatic nitrogens is 4. The van der Waals surface area contributed by atoms with Crippen LogP contribution >= 0.6 is 0 Å². The van der Waals surface area contributed by atoms with Gasteiger partial charge in [-0.3, -0.25) is 19.2 Å². The second-order valence-corrected chi connectivity index (χ2v) is 6.80. The van der Waals surface area contributed by atoms with E-state index in [0.717, 1.165) is 31.8 Å². The fourth-order valence-corrected chi connectivity index (χ4v) is 3.06. The summed E-state index contributed by atoms with van der Waals surface area (Å²) in [5.41, 5.74) is 0.179. The average Bonchev–Trinajstić information content (AvgIpc) is 2.84. The van der Waals surface area contributed by atoms with Gasteiger partial charge in [-0.25, -0.2) is 9.78 Å². The maximum absolute atomic E-state index is 12.4. The molecule has 0 aliphatic rings. The number of imidazole rings is 1. The molecule has 2 aromatic heterocycles. The molecule has 0 atom stereocenters. The van der Waals surface area contributed by atoms with Crippen LogP contribution in [0.4, 0.5) is 0 Å². The van der Waals surface area contributed by atoms with E-state index in [0.29, 0.717) is 30.2 Å². The number of fused-ring (bicyclic) bond motifs is 1. The van der Waals surface area contributed by atoms with E-state index in [1.54, 1.807) is 7.05 Å². The standard InChI is InChI=1S/C17H29N5O2/c1-6-8-21(9-7-2)11-13-18-15-14(22(13)10-12(3)4)16(23)19-17(24)20(15)5/h12H,6-11H2,1-5H3,(H,19,23,24). The molecular weight excluding hydrogens is 306 g/mol. The van der Waals surface area contributed by atoms with Gasteiger partial charge in [-0.1, -0.05) is 27.7 Å². The predicted molar refractivity (Wildman–Crippen MR) is 96.3 cm³/mol. The van der Waals surface area contributed by atoms with Gasteiger partial charge in [-0.2, -0.15) is 0 Å². The molecule has 2 rings (SSSR count). The highest BCUT2D eigenvalue weighted by Gasteiger charge is 2.19. The molecule has 7 nitrogen and oxygen atoms in total. The summed E-state index contributed by atoms with van der Waals surface area (Å²) in [6, 6.07) is 0. The Morgan fingerprint density at radius 3 is 2.33 bits per heavy atom. The Morgan fingerprint density at radius 2 is 1.79 bits per heavy atom. The minimum absolute atomic E-state index is 0.356. The second-order valence-electron chi connectivity index (χ2n) is 6.80. The van der Waals surface area contributed by atoms with Gasteiger partial charge in [-0.15, -0.1) is 0 Å². The van der Waals surface area contributed by atoms with Gasteiger partial charge in [0.2, 0.25) is 0 Å². The van der Waals surface area contributed by atoms with Crippen LogP contribution in [0.3, 0.4) is 0 Å². The minimum Gasteiger partial charge on any atom is -0.321 e. The molecule has 0 amide bonds. The number of hydrogen-bond donors (Lipinski definition) is 1. The Bertz CT molecular complexity index is 794. The fourth-order valence-electron chi connectivity index (χ4n) is 3.06. The molecule has 134 valence electrons. The van der Waals surface area contributed by atoms with Crippen LogP contribution in [0, 0.1) is 5.92 Å². The van der Waals surface area contributed by atoms with Crippen LogP contribution in [0.25, 0.3) is 11.2 Å². The molecule has 7 heteroatoms. The lowest BCUT2D eigenvalue weighted by Gasteiger charge is -2.21. The van der Waals surface area contributed by atoms with Gasteiger partial charge < -0.3 is 4.57 Å². The topological polar surface area (TPSA) is 75.9 Å². The lowest BCUT2D eigenvalue weighted by atomic mass is 10.2. The largest absolute Gasteiger partial charge is 0.329 e. The Kier molecular flexibility index (Phi) is 5.99. The molecule has 0 aromatic carbocycles. The summed E-state index contributed by atoms with van der Waals surface area (Å²) < 4.78 is 3.40. The number of nitrogens with one attached hydrogen (secondary N) is 1. The predicted octanol–water partition coefficient (Wildman–Crippen LogP) is 1.70. The number of aromatic amines is 1. The fraction of sp³-hybridized carbons (Fsp3) is 0.706. The molecular formula is C17H29N5O2. The van der Waals surface area contributed by atoms with Crippen molar-refractivity contribution in [3.8, 4) is 0 Å². The molecule has 0 radical (unpaired) electrons. The van der Waals surface area contributed by atoms with Crippen LogP contribution in [0.15, 0.2) is 9.59 Å². The first-order valence-corrected chi connectivity index (χ1v) is 8.79. The maximum Gasteiger partial charge on any atom is 0.329 e. The van der Waals surface area contributed by atoms with E-state index >= 15 is 0 Å². The highest BCUT2D eigenvalue weighted by Crippen LogP contribution is 2.15. The van der Waals surface area contributed by atoms with Gasteiger partial charge in [0.15, 0.2) is 11.2 Å². The van der Waals surface area contributed by atoms with E-state index in [9.17, 15) is 9.59 Å². The monoisotopic (exact) mass is 335 g/mol. The van der Waals surface area contributed by atoms with E-state index < -0.39 is 5.69 Å². The van der Waals surface area contributed by atoms with E-state index in [-0.39, 0.29) is 5.56 Å². The zero-order valence-electron chi connectivity index (χ0n) is 15.4. The number of aryl methyl sites for hydroxylation is 1. The Balaban J connectivity index is 2.59. The number of H-pyrrole nitrogens is 1. The lowest BCUT2D eigenvalue weighted by molar-refractivity contribution is 0.255. The minimum atomic E-state index is -0.424. The van der Waals surface area contributed by atoms with Crippen molar-refractivity contribution in [3.63, 3.8) is 0 Å². The average molecular weight is 335 g/mol. The van der Waals surface area contributed by atoms with Crippen molar-refractivity contribution in [2.45, 2.75) is 53.6 Å². The highest BCUT2D eigenvalue weighted by molar-refractivity contribution is 5.70. The Hall–Kier alpha value is -1.89. The molecule has 0 bridgehead atoms. The van der Waals surface area contributed by atoms with Crippen LogP contribution < -0.4 is 11.2 Å². The third-order valence-electron chi connectivity index (χ3n) is 4.08. The van der Waals surface area contributed by atoms with Crippen LogP contribution in [-0.2, 0) is 20.1 Å². The summed E-state index contributed by atoms with van der Waals surface area (Å²) in [7, 11) is 1.65. The van der Waals surface area contributed by atoms with Gasteiger partial charge in [0.1, 0.15) is 5.82 Å². The normalized spacial score (nSPS) is 12.0. The van der Waals surface area contributed by atoms with Crippen molar-refractivity contribution in [2.24, 2.45) is 13.0 Å². The number of nitrogens with zero attached hydrogens (tertiary/aromatic N) is 4. The summed E-state index contributed by atoms with van der Waals surface area (Å²) in [4.78, 5) is 33.6. The zero-order valence-corrected chi connectivity index (χ0v) is 15.4. The summed E-state index contributed by atoms with van der Waals surface area (Å²) in [5.74, 6) is 1.23. The summed E-state index contributed by atoms with van der Waals surface area (Å²) in [6.45, 7) is 11.9. The van der Waals surface area contributed by atoms with Crippen molar-refractivity contribution in [1.82, 2.24) is 24.0 Å². The lowest BCUT2D eigenvalue weighted by Crippen LogP contribution is -2.30. The molecule has 0 aliphatic carbocycles. The third kappa shape index (κ3) is 3.77. The first-order chi connectivity index (χ1) is 11.4. The van der Waals surface area contributed by atoms with E-state index in [2.05, 4.69) is 42.6 Å². The van der Waals surface area contributed by atoms with Gasteiger partial charge in [0.25, 0.3) is 5.56 Å². The summed E-state index contributed by atoms with van der Waals surface area (Å²) in [5, 5.41) is 0. The molecule has 24 heavy (non-hydrogen) atoms. The molecule has 0 saturated carbocycles. The van der Waals surface area contributed by atoms with Gasteiger partial charge in [0.05, 0.1) is 6.54 Å². The van der Waals surface area contributed by atoms with Gasteiger partial charge in [0, 0.05) is 13.6 Å². The van der Waals surface area contributed by atoms with Gasteiger partial charge in [-0.05, 0) is 31.8 Å². The highest BCUT2D eigenvalue weighted by atomic mass is 16.2. The van der Waals surface area contributed by atoms with Crippen molar-refractivity contribution < 1.29 is 0 Å². The van der Waals surface area contributed by atoms with Crippen molar-refractivity contribution >= 4 is 11.2 Å². The van der Waals surface area contributed by atoms with Crippen LogP contribution in [0.1, 0.15) is 46.4 Å². The molecule has 0 fully saturated rings. The van der Waals surface area contributed by atoms with Crippen molar-refractivity contribution in [1.29, 1.82) is 0 Å². The first-order valence-electron chi connectivity index (χ1n) is 8.79. The van der Waals surface area contributed by atoms with E-state index in [1.165, 1.54) is 4.57 Å². The molecule has 2 heterocycles.